The second-order valence-corrected chi connectivity index (χ2v) is 7.61. The van der Waals surface area contributed by atoms with E-state index in [1.807, 2.05) is 30.3 Å². The highest BCUT2D eigenvalue weighted by atomic mass is 32.2. The zero-order valence-electron chi connectivity index (χ0n) is 12.5. The van der Waals surface area contributed by atoms with Crippen molar-refractivity contribution in [1.82, 2.24) is 10.0 Å². The van der Waals surface area contributed by atoms with E-state index in [4.69, 9.17) is 5.73 Å². The van der Waals surface area contributed by atoms with Gasteiger partial charge >= 0.3 is 0 Å². The second kappa shape index (κ2) is 7.71. The fourth-order valence-corrected chi connectivity index (χ4v) is 3.47. The first-order chi connectivity index (χ1) is 10.5. The maximum atomic E-state index is 11.9. The Morgan fingerprint density at radius 2 is 1.95 bits per heavy atom. The number of rotatable bonds is 7. The molecule has 1 aliphatic carbocycles. The van der Waals surface area contributed by atoms with Crippen LogP contribution in [0.4, 0.5) is 0 Å². The summed E-state index contributed by atoms with van der Waals surface area (Å²) < 4.78 is 26.3. The molecule has 22 heavy (non-hydrogen) atoms. The molecule has 0 heterocycles. The Labute approximate surface area is 131 Å². The van der Waals surface area contributed by atoms with Crippen LogP contribution in [0.25, 0.3) is 0 Å². The standard InChI is InChI=1S/C15H23N3O3S/c16-14-7-6-13(10-14)15(19)17-8-9-22(20,21)18-11-12-4-2-1-3-5-12/h1-5,13-14,18H,6-11,16H2,(H,17,19). The van der Waals surface area contributed by atoms with E-state index in [0.717, 1.165) is 18.4 Å². The van der Waals surface area contributed by atoms with E-state index in [9.17, 15) is 13.2 Å². The van der Waals surface area contributed by atoms with Crippen molar-refractivity contribution in [2.75, 3.05) is 12.3 Å². The molecule has 2 unspecified atom stereocenters. The van der Waals surface area contributed by atoms with Crippen LogP contribution < -0.4 is 15.8 Å². The van der Waals surface area contributed by atoms with Crippen molar-refractivity contribution in [3.8, 4) is 0 Å². The fraction of sp³-hybridized carbons (Fsp3) is 0.533. The van der Waals surface area contributed by atoms with E-state index in [1.54, 1.807) is 0 Å². The lowest BCUT2D eigenvalue weighted by Gasteiger charge is -2.11. The summed E-state index contributed by atoms with van der Waals surface area (Å²) in [6, 6.07) is 9.39. The molecule has 1 amide bonds. The molecule has 0 bridgehead atoms. The minimum atomic E-state index is -3.40. The van der Waals surface area contributed by atoms with Crippen LogP contribution in [-0.2, 0) is 21.4 Å². The number of sulfonamides is 1. The third-order valence-corrected chi connectivity index (χ3v) is 5.18. The second-order valence-electron chi connectivity index (χ2n) is 5.69. The molecule has 7 heteroatoms. The Morgan fingerprint density at radius 1 is 1.23 bits per heavy atom. The highest BCUT2D eigenvalue weighted by Gasteiger charge is 2.27. The molecule has 0 saturated heterocycles. The number of hydrogen-bond acceptors (Lipinski definition) is 4. The van der Waals surface area contributed by atoms with Gasteiger partial charge in [0, 0.05) is 25.0 Å². The van der Waals surface area contributed by atoms with Gasteiger partial charge < -0.3 is 11.1 Å². The van der Waals surface area contributed by atoms with E-state index in [2.05, 4.69) is 10.0 Å². The van der Waals surface area contributed by atoms with E-state index in [1.165, 1.54) is 0 Å². The molecule has 4 N–H and O–H groups in total. The summed E-state index contributed by atoms with van der Waals surface area (Å²) in [7, 11) is -3.40. The summed E-state index contributed by atoms with van der Waals surface area (Å²) in [5.41, 5.74) is 6.67. The zero-order chi connectivity index (χ0) is 16.0. The van der Waals surface area contributed by atoms with Crippen LogP contribution in [0.5, 0.6) is 0 Å². The molecule has 2 rings (SSSR count). The minimum Gasteiger partial charge on any atom is -0.355 e. The number of nitrogens with two attached hydrogens (primary N) is 1. The molecular formula is C15H23N3O3S. The average molecular weight is 325 g/mol. The topological polar surface area (TPSA) is 101 Å². The van der Waals surface area contributed by atoms with E-state index < -0.39 is 10.0 Å². The van der Waals surface area contributed by atoms with Gasteiger partial charge in [0.05, 0.1) is 5.75 Å². The SMILES string of the molecule is NC1CCC(C(=O)NCCS(=O)(=O)NCc2ccccc2)C1. The summed E-state index contributed by atoms with van der Waals surface area (Å²) in [5, 5.41) is 2.69. The van der Waals surface area contributed by atoms with Crippen molar-refractivity contribution in [1.29, 1.82) is 0 Å². The average Bonchev–Trinajstić information content (AvgIpc) is 2.93. The van der Waals surface area contributed by atoms with Gasteiger partial charge in [0.2, 0.25) is 15.9 Å². The van der Waals surface area contributed by atoms with Gasteiger partial charge in [-0.3, -0.25) is 4.79 Å². The molecule has 122 valence electrons. The quantitative estimate of drug-likeness (QED) is 0.673. The number of carbonyl (C=O) groups excluding carboxylic acids is 1. The van der Waals surface area contributed by atoms with Gasteiger partial charge in [-0.2, -0.15) is 0 Å². The molecular weight excluding hydrogens is 302 g/mol. The Bertz CT molecular complexity index is 589. The zero-order valence-corrected chi connectivity index (χ0v) is 13.3. The van der Waals surface area contributed by atoms with Gasteiger partial charge in [0.15, 0.2) is 0 Å². The predicted octanol–water partition coefficient (Wildman–Crippen LogP) is 0.350. The molecule has 0 aromatic heterocycles. The minimum absolute atomic E-state index is 0.0741. The lowest BCUT2D eigenvalue weighted by molar-refractivity contribution is -0.124. The van der Waals surface area contributed by atoms with Gasteiger partial charge in [-0.15, -0.1) is 0 Å². The fourth-order valence-electron chi connectivity index (χ4n) is 2.57. The normalized spacial score (nSPS) is 21.7. The van der Waals surface area contributed by atoms with Crippen LogP contribution in [0.15, 0.2) is 30.3 Å². The first kappa shape index (κ1) is 16.9. The molecule has 0 aliphatic heterocycles. The van der Waals surface area contributed by atoms with Crippen LogP contribution in [0.2, 0.25) is 0 Å². The molecule has 6 nitrogen and oxygen atoms in total. The third-order valence-electron chi connectivity index (χ3n) is 3.85. The van der Waals surface area contributed by atoms with Crippen LogP contribution in [0, 0.1) is 5.92 Å². The van der Waals surface area contributed by atoms with Crippen LogP contribution in [0.1, 0.15) is 24.8 Å². The number of nitrogens with one attached hydrogen (secondary N) is 2. The number of benzene rings is 1. The Hall–Kier alpha value is -1.44. The monoisotopic (exact) mass is 325 g/mol. The highest BCUT2D eigenvalue weighted by Crippen LogP contribution is 2.23. The van der Waals surface area contributed by atoms with Crippen molar-refractivity contribution >= 4 is 15.9 Å². The molecule has 2 atom stereocenters. The van der Waals surface area contributed by atoms with E-state index in [0.29, 0.717) is 6.42 Å². The van der Waals surface area contributed by atoms with E-state index >= 15 is 0 Å². The van der Waals surface area contributed by atoms with Crippen molar-refractivity contribution in [3.05, 3.63) is 35.9 Å². The summed E-state index contributed by atoms with van der Waals surface area (Å²) in [4.78, 5) is 11.9. The molecule has 0 spiro atoms. The number of hydrogen-bond donors (Lipinski definition) is 3. The van der Waals surface area contributed by atoms with Crippen molar-refractivity contribution < 1.29 is 13.2 Å². The Kier molecular flexibility index (Phi) is 5.93. The number of amides is 1. The van der Waals surface area contributed by atoms with Crippen LogP contribution >= 0.6 is 0 Å². The summed E-state index contributed by atoms with van der Waals surface area (Å²) in [6.45, 7) is 0.378. The summed E-state index contributed by atoms with van der Waals surface area (Å²) >= 11 is 0. The molecule has 1 aromatic carbocycles. The van der Waals surface area contributed by atoms with Gasteiger partial charge in [-0.05, 0) is 24.8 Å². The first-order valence-electron chi connectivity index (χ1n) is 7.51. The van der Waals surface area contributed by atoms with Crippen LogP contribution in [-0.4, -0.2) is 32.7 Å². The van der Waals surface area contributed by atoms with Crippen molar-refractivity contribution in [3.63, 3.8) is 0 Å². The van der Waals surface area contributed by atoms with Gasteiger partial charge in [0.25, 0.3) is 0 Å². The van der Waals surface area contributed by atoms with Crippen molar-refractivity contribution in [2.24, 2.45) is 11.7 Å². The Balaban J connectivity index is 1.70. The molecule has 0 radical (unpaired) electrons. The molecule has 1 fully saturated rings. The van der Waals surface area contributed by atoms with Gasteiger partial charge in [-0.1, -0.05) is 30.3 Å². The van der Waals surface area contributed by atoms with Gasteiger partial charge in [-0.25, -0.2) is 13.1 Å². The molecule has 1 aliphatic rings. The lowest BCUT2D eigenvalue weighted by Crippen LogP contribution is -2.36. The first-order valence-corrected chi connectivity index (χ1v) is 9.16. The summed E-state index contributed by atoms with van der Waals surface area (Å²) in [5.74, 6) is -0.286. The predicted molar refractivity (Wildman–Crippen MR) is 85.4 cm³/mol. The highest BCUT2D eigenvalue weighted by molar-refractivity contribution is 7.89. The molecule has 1 saturated carbocycles. The smallest absolute Gasteiger partial charge is 0.223 e. The van der Waals surface area contributed by atoms with Crippen LogP contribution in [0.3, 0.4) is 0 Å². The largest absolute Gasteiger partial charge is 0.355 e. The molecule has 1 aromatic rings. The maximum absolute atomic E-state index is 11.9. The summed E-state index contributed by atoms with van der Waals surface area (Å²) in [6.07, 6.45) is 2.33. The lowest BCUT2D eigenvalue weighted by atomic mass is 10.1. The van der Waals surface area contributed by atoms with Crippen molar-refractivity contribution in [2.45, 2.75) is 31.8 Å². The maximum Gasteiger partial charge on any atom is 0.223 e. The third kappa shape index (κ3) is 5.40. The van der Waals surface area contributed by atoms with E-state index in [-0.39, 0.29) is 36.7 Å². The number of carbonyl (C=O) groups is 1. The Morgan fingerprint density at radius 3 is 2.59 bits per heavy atom. The van der Waals surface area contributed by atoms with Gasteiger partial charge in [0.1, 0.15) is 0 Å².